The molecule has 4 aromatic carbocycles. The predicted octanol–water partition coefficient (Wildman–Crippen LogP) is 5.75. The number of carbonyl (C=O) groups is 1. The van der Waals surface area contributed by atoms with E-state index < -0.39 is 22.0 Å². The summed E-state index contributed by atoms with van der Waals surface area (Å²) in [6.45, 7) is 1.68. The number of rotatable bonds is 9. The van der Waals surface area contributed by atoms with Crippen LogP contribution in [0.2, 0.25) is 5.02 Å². The normalized spacial score (nSPS) is 11.6. The average molecular weight is 519 g/mol. The van der Waals surface area contributed by atoms with E-state index in [0.717, 1.165) is 22.3 Å². The van der Waals surface area contributed by atoms with Crippen LogP contribution >= 0.6 is 11.6 Å². The molecule has 0 saturated carbocycles. The van der Waals surface area contributed by atoms with Crippen LogP contribution in [0.5, 0.6) is 0 Å². The van der Waals surface area contributed by atoms with Crippen LogP contribution in [0, 0.1) is 6.92 Å². The van der Waals surface area contributed by atoms with E-state index in [-0.39, 0.29) is 18.0 Å². The summed E-state index contributed by atoms with van der Waals surface area (Å²) < 4.78 is 28.4. The van der Waals surface area contributed by atoms with E-state index in [4.69, 9.17) is 11.6 Å². The Morgan fingerprint density at radius 2 is 1.33 bits per heavy atom. The van der Waals surface area contributed by atoms with E-state index in [2.05, 4.69) is 5.32 Å². The molecule has 36 heavy (non-hydrogen) atoms. The van der Waals surface area contributed by atoms with Crippen LogP contribution in [0.1, 0.15) is 28.3 Å². The predicted molar refractivity (Wildman–Crippen MR) is 143 cm³/mol. The number of carbonyl (C=O) groups excluding carboxylic acids is 1. The molecule has 0 bridgehead atoms. The smallest absolute Gasteiger partial charge is 0.243 e. The van der Waals surface area contributed by atoms with Gasteiger partial charge in [0, 0.05) is 11.6 Å². The number of amides is 1. The van der Waals surface area contributed by atoms with Gasteiger partial charge in [0.15, 0.2) is 0 Å². The van der Waals surface area contributed by atoms with Crippen molar-refractivity contribution in [3.63, 3.8) is 0 Å². The molecule has 0 heterocycles. The molecule has 5 nitrogen and oxygen atoms in total. The quantitative estimate of drug-likeness (QED) is 0.307. The first-order valence-corrected chi connectivity index (χ1v) is 13.4. The van der Waals surface area contributed by atoms with Gasteiger partial charge >= 0.3 is 0 Å². The Labute approximate surface area is 217 Å². The van der Waals surface area contributed by atoms with Crippen molar-refractivity contribution in [1.82, 2.24) is 9.62 Å². The van der Waals surface area contributed by atoms with Crippen LogP contribution in [-0.2, 0) is 21.4 Å². The minimum absolute atomic E-state index is 0.0556. The lowest BCUT2D eigenvalue weighted by Crippen LogP contribution is -2.41. The van der Waals surface area contributed by atoms with Gasteiger partial charge in [0.1, 0.15) is 0 Å². The second kappa shape index (κ2) is 11.5. The number of halogens is 1. The number of sulfonamides is 1. The number of hydrogen-bond donors (Lipinski definition) is 1. The van der Waals surface area contributed by atoms with Gasteiger partial charge in [-0.15, -0.1) is 0 Å². The number of benzene rings is 4. The second-order valence-electron chi connectivity index (χ2n) is 8.53. The number of nitrogens with one attached hydrogen (secondary N) is 1. The molecule has 1 N–H and O–H groups in total. The third kappa shape index (κ3) is 6.40. The highest BCUT2D eigenvalue weighted by Gasteiger charge is 2.28. The van der Waals surface area contributed by atoms with Crippen molar-refractivity contribution in [3.8, 4) is 0 Å². The first-order valence-electron chi connectivity index (χ1n) is 11.5. The van der Waals surface area contributed by atoms with E-state index in [1.54, 1.807) is 0 Å². The Morgan fingerprint density at radius 1 is 0.806 bits per heavy atom. The molecule has 0 aliphatic rings. The summed E-state index contributed by atoms with van der Waals surface area (Å²) >= 11 is 5.97. The van der Waals surface area contributed by atoms with E-state index in [1.165, 1.54) is 28.6 Å². The van der Waals surface area contributed by atoms with Crippen molar-refractivity contribution >= 4 is 27.5 Å². The number of nitrogens with zero attached hydrogens (tertiary/aromatic N) is 1. The summed E-state index contributed by atoms with van der Waals surface area (Å²) in [5, 5.41) is 3.48. The molecule has 0 saturated heterocycles. The molecule has 0 fully saturated rings. The first-order chi connectivity index (χ1) is 17.3. The maximum atomic E-state index is 13.6. The zero-order valence-electron chi connectivity index (χ0n) is 19.8. The second-order valence-corrected chi connectivity index (χ2v) is 10.9. The van der Waals surface area contributed by atoms with Crippen molar-refractivity contribution in [1.29, 1.82) is 0 Å². The summed E-state index contributed by atoms with van der Waals surface area (Å²) in [6, 6.07) is 32.3. The van der Waals surface area contributed by atoms with Crippen molar-refractivity contribution in [3.05, 3.63) is 136 Å². The third-order valence-corrected chi connectivity index (χ3v) is 7.88. The largest absolute Gasteiger partial charge is 0.344 e. The van der Waals surface area contributed by atoms with Crippen molar-refractivity contribution in [2.45, 2.75) is 24.4 Å². The fourth-order valence-corrected chi connectivity index (χ4v) is 5.41. The highest BCUT2D eigenvalue weighted by Crippen LogP contribution is 2.23. The van der Waals surface area contributed by atoms with E-state index in [9.17, 15) is 13.2 Å². The monoisotopic (exact) mass is 518 g/mol. The fourth-order valence-electron chi connectivity index (χ4n) is 3.90. The van der Waals surface area contributed by atoms with Crippen molar-refractivity contribution in [2.24, 2.45) is 0 Å². The summed E-state index contributed by atoms with van der Waals surface area (Å²) in [4.78, 5) is 13.4. The van der Waals surface area contributed by atoms with Gasteiger partial charge in [0.05, 0.1) is 17.5 Å². The fraction of sp³-hybridized carbons (Fsp3) is 0.138. The van der Waals surface area contributed by atoms with Crippen LogP contribution < -0.4 is 5.32 Å². The minimum Gasteiger partial charge on any atom is -0.344 e. The van der Waals surface area contributed by atoms with Gasteiger partial charge < -0.3 is 5.32 Å². The Morgan fingerprint density at radius 3 is 1.86 bits per heavy atom. The zero-order chi connectivity index (χ0) is 25.5. The van der Waals surface area contributed by atoms with E-state index >= 15 is 0 Å². The molecule has 0 aromatic heterocycles. The summed E-state index contributed by atoms with van der Waals surface area (Å²) in [6.07, 6.45) is 0. The molecule has 1 amide bonds. The summed E-state index contributed by atoms with van der Waals surface area (Å²) in [7, 11) is -3.97. The van der Waals surface area contributed by atoms with Crippen molar-refractivity contribution in [2.75, 3.05) is 6.54 Å². The van der Waals surface area contributed by atoms with Crippen LogP contribution in [0.4, 0.5) is 0 Å². The highest BCUT2D eigenvalue weighted by atomic mass is 35.5. The van der Waals surface area contributed by atoms with Gasteiger partial charge in [0.2, 0.25) is 15.9 Å². The topological polar surface area (TPSA) is 66.5 Å². The Hall–Kier alpha value is -3.45. The average Bonchev–Trinajstić information content (AvgIpc) is 2.89. The van der Waals surface area contributed by atoms with E-state index in [1.807, 2.05) is 91.9 Å². The molecular weight excluding hydrogens is 492 g/mol. The summed E-state index contributed by atoms with van der Waals surface area (Å²) in [5.74, 6) is -0.405. The molecule has 184 valence electrons. The van der Waals surface area contributed by atoms with Crippen molar-refractivity contribution < 1.29 is 13.2 Å². The van der Waals surface area contributed by atoms with Gasteiger partial charge in [0.25, 0.3) is 0 Å². The standard InChI is InChI=1S/C29H27ClN2O3S/c1-22-12-14-23(15-13-22)20-32(36(34,35)27-18-16-26(30)17-19-27)21-28(33)31-29(24-8-4-2-5-9-24)25-10-6-3-7-11-25/h2-19,29H,20-21H2,1H3,(H,31,33). The molecule has 4 aromatic rings. The molecular formula is C29H27ClN2O3S. The van der Waals surface area contributed by atoms with Gasteiger partial charge in [-0.3, -0.25) is 4.79 Å². The van der Waals surface area contributed by atoms with Gasteiger partial charge in [-0.05, 0) is 47.9 Å². The maximum Gasteiger partial charge on any atom is 0.243 e. The lowest BCUT2D eigenvalue weighted by atomic mass is 9.99. The molecule has 0 spiro atoms. The first kappa shape index (κ1) is 25.6. The van der Waals surface area contributed by atoms with Gasteiger partial charge in [-0.1, -0.05) is 102 Å². The molecule has 4 rings (SSSR count). The van der Waals surface area contributed by atoms with Crippen LogP contribution in [-0.4, -0.2) is 25.2 Å². The number of hydrogen-bond acceptors (Lipinski definition) is 3. The SMILES string of the molecule is Cc1ccc(CN(CC(=O)NC(c2ccccc2)c2ccccc2)S(=O)(=O)c2ccc(Cl)cc2)cc1. The third-order valence-electron chi connectivity index (χ3n) is 5.82. The molecule has 0 aliphatic carbocycles. The Kier molecular flexibility index (Phi) is 8.21. The van der Waals surface area contributed by atoms with Gasteiger partial charge in [-0.25, -0.2) is 8.42 Å². The zero-order valence-corrected chi connectivity index (χ0v) is 21.4. The Balaban J connectivity index is 1.63. The lowest BCUT2D eigenvalue weighted by Gasteiger charge is -2.25. The lowest BCUT2D eigenvalue weighted by molar-refractivity contribution is -0.121. The highest BCUT2D eigenvalue weighted by molar-refractivity contribution is 7.89. The summed E-state index contributed by atoms with van der Waals surface area (Å²) in [5.41, 5.74) is 3.66. The molecule has 0 atom stereocenters. The Bertz CT molecular complexity index is 1350. The molecule has 0 radical (unpaired) electrons. The van der Waals surface area contributed by atoms with Crippen LogP contribution in [0.3, 0.4) is 0 Å². The minimum atomic E-state index is -3.97. The molecule has 0 unspecified atom stereocenters. The maximum absolute atomic E-state index is 13.6. The van der Waals surface area contributed by atoms with Crippen LogP contribution in [0.25, 0.3) is 0 Å². The van der Waals surface area contributed by atoms with E-state index in [0.29, 0.717) is 5.02 Å². The molecule has 7 heteroatoms. The molecule has 0 aliphatic heterocycles. The van der Waals surface area contributed by atoms with Gasteiger partial charge in [-0.2, -0.15) is 4.31 Å². The van der Waals surface area contributed by atoms with Crippen LogP contribution in [0.15, 0.2) is 114 Å². The number of aryl methyl sites for hydroxylation is 1.